The van der Waals surface area contributed by atoms with E-state index in [1.54, 1.807) is 4.90 Å². The molecule has 0 radical (unpaired) electrons. The Morgan fingerprint density at radius 2 is 2.00 bits per heavy atom. The van der Waals surface area contributed by atoms with Gasteiger partial charge in [0.05, 0.1) is 6.54 Å². The molecule has 1 N–H and O–H groups in total. The highest BCUT2D eigenvalue weighted by Gasteiger charge is 2.35. The van der Waals surface area contributed by atoms with Gasteiger partial charge in [0.2, 0.25) is 11.8 Å². The number of piperazine rings is 1. The smallest absolute Gasteiger partial charge is 0.243 e. The van der Waals surface area contributed by atoms with Crippen LogP contribution in [0.2, 0.25) is 0 Å². The van der Waals surface area contributed by atoms with E-state index in [9.17, 15) is 9.59 Å². The van der Waals surface area contributed by atoms with Gasteiger partial charge in [-0.1, -0.05) is 39.5 Å². The van der Waals surface area contributed by atoms with E-state index in [2.05, 4.69) is 19.2 Å². The summed E-state index contributed by atoms with van der Waals surface area (Å²) in [5.41, 5.74) is 0. The van der Waals surface area contributed by atoms with Crippen LogP contribution >= 0.6 is 0 Å². The van der Waals surface area contributed by atoms with E-state index in [1.165, 1.54) is 19.3 Å². The maximum atomic E-state index is 12.0. The van der Waals surface area contributed by atoms with Crippen LogP contribution in [0.25, 0.3) is 0 Å². The first-order valence-corrected chi connectivity index (χ1v) is 7.20. The van der Waals surface area contributed by atoms with Crippen LogP contribution in [0.15, 0.2) is 0 Å². The van der Waals surface area contributed by atoms with Crippen LogP contribution in [0.4, 0.5) is 0 Å². The van der Waals surface area contributed by atoms with Crippen molar-refractivity contribution in [3.63, 3.8) is 0 Å². The molecule has 18 heavy (non-hydrogen) atoms. The molecule has 0 aromatic rings. The largest absolute Gasteiger partial charge is 0.345 e. The van der Waals surface area contributed by atoms with E-state index < -0.39 is 0 Å². The zero-order chi connectivity index (χ0) is 13.5. The normalized spacial score (nSPS) is 21.9. The summed E-state index contributed by atoms with van der Waals surface area (Å²) in [6.45, 7) is 6.37. The summed E-state index contributed by atoms with van der Waals surface area (Å²) < 4.78 is 0. The van der Waals surface area contributed by atoms with Crippen molar-refractivity contribution in [2.75, 3.05) is 6.54 Å². The third kappa shape index (κ3) is 3.72. The van der Waals surface area contributed by atoms with Gasteiger partial charge in [0.25, 0.3) is 0 Å². The molecule has 4 nitrogen and oxygen atoms in total. The molecule has 1 saturated heterocycles. The lowest BCUT2D eigenvalue weighted by Gasteiger charge is -2.38. The monoisotopic (exact) mass is 254 g/mol. The van der Waals surface area contributed by atoms with Crippen LogP contribution in [0.3, 0.4) is 0 Å². The van der Waals surface area contributed by atoms with Crippen LogP contribution < -0.4 is 5.32 Å². The molecule has 2 unspecified atom stereocenters. The predicted octanol–water partition coefficient (Wildman–Crippen LogP) is 2.08. The fourth-order valence-corrected chi connectivity index (χ4v) is 2.61. The van der Waals surface area contributed by atoms with Crippen molar-refractivity contribution >= 4 is 11.8 Å². The molecule has 0 aromatic carbocycles. The lowest BCUT2D eigenvalue weighted by atomic mass is 10.0. The molecular formula is C14H26N2O2. The number of carbonyl (C=O) groups is 2. The highest BCUT2D eigenvalue weighted by atomic mass is 16.2. The number of amides is 2. The van der Waals surface area contributed by atoms with Gasteiger partial charge < -0.3 is 10.2 Å². The van der Waals surface area contributed by atoms with Gasteiger partial charge in [-0.25, -0.2) is 0 Å². The lowest BCUT2D eigenvalue weighted by molar-refractivity contribution is -0.148. The number of hydrogen-bond acceptors (Lipinski definition) is 2. The van der Waals surface area contributed by atoms with Gasteiger partial charge in [-0.15, -0.1) is 0 Å². The molecule has 0 bridgehead atoms. The molecule has 1 aliphatic rings. The summed E-state index contributed by atoms with van der Waals surface area (Å²) in [6, 6.07) is -0.0993. The lowest BCUT2D eigenvalue weighted by Crippen LogP contribution is -2.60. The average molecular weight is 254 g/mol. The predicted molar refractivity (Wildman–Crippen MR) is 72.2 cm³/mol. The molecule has 1 heterocycles. The Hall–Kier alpha value is -1.06. The molecule has 0 spiro atoms. The minimum Gasteiger partial charge on any atom is -0.345 e. The molecule has 104 valence electrons. The molecule has 1 aliphatic heterocycles. The van der Waals surface area contributed by atoms with Crippen molar-refractivity contribution in [3.8, 4) is 0 Å². The number of nitrogens with one attached hydrogen (secondary N) is 1. The molecule has 0 aromatic heterocycles. The van der Waals surface area contributed by atoms with Gasteiger partial charge in [-0.05, 0) is 19.8 Å². The first kappa shape index (κ1) is 15.0. The van der Waals surface area contributed by atoms with Crippen molar-refractivity contribution < 1.29 is 9.59 Å². The number of nitrogens with zero attached hydrogens (tertiary/aromatic N) is 1. The Labute approximate surface area is 110 Å². The van der Waals surface area contributed by atoms with Crippen LogP contribution in [0, 0.1) is 0 Å². The maximum absolute atomic E-state index is 12.0. The van der Waals surface area contributed by atoms with E-state index >= 15 is 0 Å². The third-order valence-electron chi connectivity index (χ3n) is 3.68. The van der Waals surface area contributed by atoms with E-state index in [4.69, 9.17) is 0 Å². The molecular weight excluding hydrogens is 228 g/mol. The summed E-state index contributed by atoms with van der Waals surface area (Å²) >= 11 is 0. The number of unbranched alkanes of at least 4 members (excludes halogenated alkanes) is 3. The fraction of sp³-hybridized carbons (Fsp3) is 0.857. The minimum atomic E-state index is -0.271. The van der Waals surface area contributed by atoms with Gasteiger partial charge in [0, 0.05) is 6.04 Å². The van der Waals surface area contributed by atoms with Gasteiger partial charge in [0.1, 0.15) is 6.04 Å². The fourth-order valence-electron chi connectivity index (χ4n) is 2.61. The standard InChI is InChI=1S/C14H26N2O2/c1-4-6-7-8-9-11(3)16-12(5-2)14(18)15-10-13(16)17/h11-12H,4-10H2,1-3H3,(H,15,18). The van der Waals surface area contributed by atoms with E-state index in [0.717, 1.165) is 12.8 Å². The second-order valence-electron chi connectivity index (χ2n) is 5.14. The minimum absolute atomic E-state index is 0.00231. The van der Waals surface area contributed by atoms with E-state index in [1.807, 2.05) is 6.92 Å². The van der Waals surface area contributed by atoms with Crippen molar-refractivity contribution in [2.24, 2.45) is 0 Å². The number of hydrogen-bond donors (Lipinski definition) is 1. The summed E-state index contributed by atoms with van der Waals surface area (Å²) in [4.78, 5) is 25.5. The summed E-state index contributed by atoms with van der Waals surface area (Å²) in [5, 5.41) is 2.66. The number of rotatable bonds is 7. The van der Waals surface area contributed by atoms with Gasteiger partial charge in [0.15, 0.2) is 0 Å². The second-order valence-corrected chi connectivity index (χ2v) is 5.14. The molecule has 1 rings (SSSR count). The van der Waals surface area contributed by atoms with Crippen molar-refractivity contribution in [2.45, 2.75) is 71.4 Å². The topological polar surface area (TPSA) is 49.4 Å². The quantitative estimate of drug-likeness (QED) is 0.707. The Balaban J connectivity index is 2.53. The Morgan fingerprint density at radius 1 is 1.28 bits per heavy atom. The summed E-state index contributed by atoms with van der Waals surface area (Å²) in [6.07, 6.45) is 6.50. The molecule has 4 heteroatoms. The van der Waals surface area contributed by atoms with Gasteiger partial charge >= 0.3 is 0 Å². The van der Waals surface area contributed by atoms with Gasteiger partial charge in [-0.3, -0.25) is 9.59 Å². The second kappa shape index (κ2) is 7.39. The third-order valence-corrected chi connectivity index (χ3v) is 3.68. The van der Waals surface area contributed by atoms with Gasteiger partial charge in [-0.2, -0.15) is 0 Å². The van der Waals surface area contributed by atoms with Crippen LogP contribution in [-0.4, -0.2) is 35.3 Å². The van der Waals surface area contributed by atoms with Crippen molar-refractivity contribution in [1.29, 1.82) is 0 Å². The van der Waals surface area contributed by atoms with Crippen molar-refractivity contribution in [3.05, 3.63) is 0 Å². The SMILES string of the molecule is CCCCCCC(C)N1C(=O)CNC(=O)C1CC. The Morgan fingerprint density at radius 3 is 2.61 bits per heavy atom. The van der Waals surface area contributed by atoms with Crippen LogP contribution in [0.1, 0.15) is 59.3 Å². The Bertz CT molecular complexity index is 292. The first-order valence-electron chi connectivity index (χ1n) is 7.20. The molecule has 2 amide bonds. The van der Waals surface area contributed by atoms with E-state index in [-0.39, 0.29) is 30.4 Å². The molecule has 2 atom stereocenters. The van der Waals surface area contributed by atoms with Crippen LogP contribution in [-0.2, 0) is 9.59 Å². The summed E-state index contributed by atoms with van der Waals surface area (Å²) in [7, 11) is 0. The molecule has 0 saturated carbocycles. The maximum Gasteiger partial charge on any atom is 0.243 e. The molecule has 0 aliphatic carbocycles. The highest BCUT2D eigenvalue weighted by molar-refractivity contribution is 5.94. The Kier molecular flexibility index (Phi) is 6.16. The van der Waals surface area contributed by atoms with Crippen molar-refractivity contribution in [1.82, 2.24) is 10.2 Å². The molecule has 1 fully saturated rings. The highest BCUT2D eigenvalue weighted by Crippen LogP contribution is 2.18. The zero-order valence-corrected chi connectivity index (χ0v) is 11.9. The number of carbonyl (C=O) groups excluding carboxylic acids is 2. The average Bonchev–Trinajstić information content (AvgIpc) is 2.36. The van der Waals surface area contributed by atoms with E-state index in [0.29, 0.717) is 6.42 Å². The van der Waals surface area contributed by atoms with Crippen LogP contribution in [0.5, 0.6) is 0 Å². The zero-order valence-electron chi connectivity index (χ0n) is 11.9. The first-order chi connectivity index (χ1) is 8.61. The summed E-state index contributed by atoms with van der Waals surface area (Å²) in [5.74, 6) is 0.0574.